The number of rotatable bonds is 7. The molecule has 6 heteroatoms. The molecule has 1 heterocycles. The lowest BCUT2D eigenvalue weighted by atomic mass is 9.53. The third-order valence-electron chi connectivity index (χ3n) is 7.79. The highest BCUT2D eigenvalue weighted by Crippen LogP contribution is 2.55. The van der Waals surface area contributed by atoms with Crippen LogP contribution in [-0.4, -0.2) is 33.1 Å². The van der Waals surface area contributed by atoms with Crippen molar-refractivity contribution in [3.63, 3.8) is 0 Å². The Balaban J connectivity index is 1.13. The maximum atomic E-state index is 12.9. The van der Waals surface area contributed by atoms with E-state index < -0.39 is 0 Å². The molecule has 4 aliphatic carbocycles. The van der Waals surface area contributed by atoms with Crippen LogP contribution in [0.4, 0.5) is 0 Å². The van der Waals surface area contributed by atoms with Gasteiger partial charge in [0.15, 0.2) is 0 Å². The first kappa shape index (κ1) is 22.1. The van der Waals surface area contributed by atoms with Crippen LogP contribution in [0.5, 0.6) is 0 Å². The second-order valence-corrected chi connectivity index (χ2v) is 12.0. The smallest absolute Gasteiger partial charge is 0.266 e. The maximum absolute atomic E-state index is 12.9. The van der Waals surface area contributed by atoms with Gasteiger partial charge in [0.1, 0.15) is 4.32 Å². The van der Waals surface area contributed by atoms with E-state index in [1.165, 1.54) is 55.9 Å². The molecule has 170 valence electrons. The summed E-state index contributed by atoms with van der Waals surface area (Å²) in [5.41, 5.74) is 2.35. The molecule has 1 N–H and O–H groups in total. The molecule has 4 nitrogen and oxygen atoms in total. The Hall–Kier alpha value is -1.66. The number of nitrogens with zero attached hydrogens (tertiary/aromatic N) is 1. The predicted molar refractivity (Wildman–Crippen MR) is 134 cm³/mol. The quantitative estimate of drug-likeness (QED) is 0.435. The molecule has 1 saturated heterocycles. The largest absolute Gasteiger partial charge is 0.351 e. The van der Waals surface area contributed by atoms with E-state index in [0.29, 0.717) is 28.6 Å². The number of hydrogen-bond acceptors (Lipinski definition) is 4. The van der Waals surface area contributed by atoms with Gasteiger partial charge in [-0.15, -0.1) is 0 Å². The lowest BCUT2D eigenvalue weighted by molar-refractivity contribution is -0.127. The van der Waals surface area contributed by atoms with Crippen molar-refractivity contribution in [2.75, 3.05) is 6.54 Å². The van der Waals surface area contributed by atoms with Crippen molar-refractivity contribution in [3.8, 4) is 0 Å². The molecule has 0 unspecified atom stereocenters. The van der Waals surface area contributed by atoms with Crippen LogP contribution in [0.1, 0.15) is 69.4 Å². The fourth-order valence-corrected chi connectivity index (χ4v) is 8.02. The molecule has 5 aliphatic rings. The number of hydrogen-bond donors (Lipinski definition) is 1. The second-order valence-electron chi connectivity index (χ2n) is 10.3. The minimum absolute atomic E-state index is 0.0407. The number of nitrogens with one attached hydrogen (secondary N) is 1. The summed E-state index contributed by atoms with van der Waals surface area (Å²) in [6.45, 7) is 2.63. The van der Waals surface area contributed by atoms with Crippen molar-refractivity contribution in [2.24, 2.45) is 17.8 Å². The monoisotopic (exact) mass is 468 g/mol. The molecule has 6 rings (SSSR count). The number of benzene rings is 1. The van der Waals surface area contributed by atoms with E-state index in [2.05, 4.69) is 24.4 Å². The van der Waals surface area contributed by atoms with Gasteiger partial charge in [-0.25, -0.2) is 0 Å². The summed E-state index contributed by atoms with van der Waals surface area (Å²) < 4.78 is 0.591. The third-order valence-corrected chi connectivity index (χ3v) is 9.17. The molecular formula is C26H32N2O2S2. The van der Waals surface area contributed by atoms with E-state index >= 15 is 0 Å². The maximum Gasteiger partial charge on any atom is 0.266 e. The average Bonchev–Trinajstić information content (AvgIpc) is 3.00. The summed E-state index contributed by atoms with van der Waals surface area (Å²) >= 11 is 6.82. The third kappa shape index (κ3) is 4.54. The normalized spacial score (nSPS) is 32.2. The standard InChI is InChI=1S/C26H32N2O2S2/c1-2-17-5-7-18(8-6-17)13-22-24(30)28(25(31)32-22)9-3-4-23(29)27-26-14-19-10-20(15-26)12-21(11-19)16-26/h5-8,13,19-21H,2-4,9-12,14-16H2,1H3,(H,27,29). The predicted octanol–water partition coefficient (Wildman–Crippen LogP) is 5.32. The molecule has 0 spiro atoms. The van der Waals surface area contributed by atoms with Crippen LogP contribution in [-0.2, 0) is 16.0 Å². The van der Waals surface area contributed by atoms with Crippen molar-refractivity contribution in [1.82, 2.24) is 10.2 Å². The molecular weight excluding hydrogens is 436 g/mol. The highest BCUT2D eigenvalue weighted by Gasteiger charge is 2.51. The summed E-state index contributed by atoms with van der Waals surface area (Å²) in [6.07, 6.45) is 11.6. The van der Waals surface area contributed by atoms with Gasteiger partial charge in [0.05, 0.1) is 4.91 Å². The van der Waals surface area contributed by atoms with Crippen LogP contribution in [0.2, 0.25) is 0 Å². The highest BCUT2D eigenvalue weighted by atomic mass is 32.2. The van der Waals surface area contributed by atoms with Crippen LogP contribution in [0.15, 0.2) is 29.2 Å². The van der Waals surface area contributed by atoms with E-state index in [-0.39, 0.29) is 17.4 Å². The van der Waals surface area contributed by atoms with E-state index in [1.807, 2.05) is 18.2 Å². The van der Waals surface area contributed by atoms with Gasteiger partial charge >= 0.3 is 0 Å². The molecule has 4 saturated carbocycles. The highest BCUT2D eigenvalue weighted by molar-refractivity contribution is 8.26. The molecule has 1 aliphatic heterocycles. The van der Waals surface area contributed by atoms with Crippen molar-refractivity contribution in [2.45, 2.75) is 70.3 Å². The molecule has 0 atom stereocenters. The molecule has 5 fully saturated rings. The molecule has 32 heavy (non-hydrogen) atoms. The van der Waals surface area contributed by atoms with Gasteiger partial charge in [-0.3, -0.25) is 14.5 Å². The van der Waals surface area contributed by atoms with Gasteiger partial charge in [-0.1, -0.05) is 55.2 Å². The van der Waals surface area contributed by atoms with Crippen LogP contribution < -0.4 is 5.32 Å². The first-order valence-corrected chi connectivity index (χ1v) is 13.3. The molecule has 0 aromatic heterocycles. The summed E-state index contributed by atoms with van der Waals surface area (Å²) in [5.74, 6) is 2.56. The lowest BCUT2D eigenvalue weighted by Gasteiger charge is -2.56. The minimum atomic E-state index is -0.0407. The summed E-state index contributed by atoms with van der Waals surface area (Å²) in [4.78, 5) is 27.9. The first-order valence-electron chi connectivity index (χ1n) is 12.1. The Morgan fingerprint density at radius 3 is 2.38 bits per heavy atom. The van der Waals surface area contributed by atoms with Crippen molar-refractivity contribution in [3.05, 3.63) is 40.3 Å². The Kier molecular flexibility index (Phi) is 6.19. The second kappa shape index (κ2) is 8.94. The summed E-state index contributed by atoms with van der Waals surface area (Å²) in [5, 5.41) is 3.43. The van der Waals surface area contributed by atoms with E-state index in [1.54, 1.807) is 4.90 Å². The first-order chi connectivity index (χ1) is 15.4. The number of carbonyl (C=O) groups excluding carboxylic acids is 2. The Bertz CT molecular complexity index is 918. The molecule has 4 bridgehead atoms. The van der Waals surface area contributed by atoms with Crippen molar-refractivity contribution in [1.29, 1.82) is 0 Å². The zero-order valence-corrected chi connectivity index (χ0v) is 20.4. The van der Waals surface area contributed by atoms with E-state index in [4.69, 9.17) is 12.2 Å². The molecule has 1 aromatic rings. The van der Waals surface area contributed by atoms with Gasteiger partial charge in [-0.2, -0.15) is 0 Å². The fraction of sp³-hybridized carbons (Fsp3) is 0.577. The minimum Gasteiger partial charge on any atom is -0.351 e. The summed E-state index contributed by atoms with van der Waals surface area (Å²) in [7, 11) is 0. The average molecular weight is 469 g/mol. The zero-order valence-electron chi connectivity index (χ0n) is 18.8. The van der Waals surface area contributed by atoms with Gasteiger partial charge in [0.2, 0.25) is 5.91 Å². The molecule has 2 amide bonds. The van der Waals surface area contributed by atoms with E-state index in [9.17, 15) is 9.59 Å². The number of aryl methyl sites for hydroxylation is 1. The topological polar surface area (TPSA) is 49.4 Å². The van der Waals surface area contributed by atoms with Gasteiger partial charge < -0.3 is 5.32 Å². The SMILES string of the molecule is CCc1ccc(C=C2SC(=S)N(CCCC(=O)NC34CC5CC(CC(C5)C3)C4)C2=O)cc1. The van der Waals surface area contributed by atoms with Crippen molar-refractivity contribution >= 4 is 46.2 Å². The van der Waals surface area contributed by atoms with Gasteiger partial charge in [0.25, 0.3) is 5.91 Å². The Labute approximate surface area is 200 Å². The number of thiocarbonyl (C=S) groups is 1. The summed E-state index contributed by atoms with van der Waals surface area (Å²) in [6, 6.07) is 8.27. The number of amides is 2. The lowest BCUT2D eigenvalue weighted by Crippen LogP contribution is -2.59. The van der Waals surface area contributed by atoms with Gasteiger partial charge in [-0.05, 0) is 86.3 Å². The van der Waals surface area contributed by atoms with Crippen LogP contribution >= 0.6 is 24.0 Å². The van der Waals surface area contributed by atoms with Crippen LogP contribution in [0, 0.1) is 17.8 Å². The Morgan fingerprint density at radius 2 is 1.78 bits per heavy atom. The zero-order chi connectivity index (χ0) is 22.3. The molecule has 0 radical (unpaired) electrons. The fourth-order valence-electron chi connectivity index (χ4n) is 6.71. The van der Waals surface area contributed by atoms with Crippen molar-refractivity contribution < 1.29 is 9.59 Å². The van der Waals surface area contributed by atoms with E-state index in [0.717, 1.165) is 29.7 Å². The van der Waals surface area contributed by atoms with Crippen LogP contribution in [0.3, 0.4) is 0 Å². The Morgan fingerprint density at radius 1 is 1.16 bits per heavy atom. The van der Waals surface area contributed by atoms with Crippen LogP contribution in [0.25, 0.3) is 6.08 Å². The number of thioether (sulfide) groups is 1. The number of carbonyl (C=O) groups is 2. The molecule has 1 aromatic carbocycles. The van der Waals surface area contributed by atoms with Gasteiger partial charge in [0, 0.05) is 18.5 Å².